The highest BCUT2D eigenvalue weighted by molar-refractivity contribution is 5.85. The van der Waals surface area contributed by atoms with Crippen LogP contribution in [0.1, 0.15) is 149 Å². The lowest BCUT2D eigenvalue weighted by molar-refractivity contribution is -0.130. The van der Waals surface area contributed by atoms with Gasteiger partial charge in [0, 0.05) is 55.4 Å². The molecule has 314 valence electrons. The van der Waals surface area contributed by atoms with Crippen LogP contribution >= 0.6 is 0 Å². The third kappa shape index (κ3) is 16.5. The van der Waals surface area contributed by atoms with Crippen molar-refractivity contribution in [1.82, 2.24) is 26.6 Å². The maximum absolute atomic E-state index is 13.8. The van der Waals surface area contributed by atoms with Gasteiger partial charge in [-0.2, -0.15) is 0 Å². The summed E-state index contributed by atoms with van der Waals surface area (Å²) in [7, 11) is 0. The van der Waals surface area contributed by atoms with Crippen LogP contribution in [0.25, 0.3) is 0 Å². The van der Waals surface area contributed by atoms with Crippen LogP contribution in [0.5, 0.6) is 0 Å². The van der Waals surface area contributed by atoms with Crippen molar-refractivity contribution in [3.8, 4) is 0 Å². The maximum Gasteiger partial charge on any atom is 0.225 e. The van der Waals surface area contributed by atoms with Crippen molar-refractivity contribution >= 4 is 35.3 Å². The van der Waals surface area contributed by atoms with E-state index in [1.807, 2.05) is 6.92 Å². The van der Waals surface area contributed by atoms with Crippen molar-refractivity contribution in [1.29, 1.82) is 0 Å². The van der Waals surface area contributed by atoms with Gasteiger partial charge in [0.15, 0.2) is 0 Å². The Morgan fingerprint density at radius 1 is 0.509 bits per heavy atom. The second kappa shape index (κ2) is 25.2. The quantitative estimate of drug-likeness (QED) is 0.0760. The standard InChI is InChI=1S/C41H74N8O6/c1-27(12-9-21-42)24-37(51)48-35-19-7-4-16-32(35)40(54)46-30(14-11-23-44)26-39(53)49-36-20-8-5-17-33(36)41(55)45-29(13-10-22-43)25-38(52)47-34-18-6-3-15-31(34)28(2)50/h27,29-36H,3-26,42-44H2,1-2H3,(H,45,55)(H,46,54)(H,47,52)(H,48,51)(H,49,53). The molecule has 3 aliphatic carbocycles. The first-order valence-corrected chi connectivity index (χ1v) is 21.5. The van der Waals surface area contributed by atoms with Gasteiger partial charge in [0.1, 0.15) is 5.78 Å². The molecule has 0 heterocycles. The molecular formula is C41H74N8O6. The zero-order chi connectivity index (χ0) is 40.2. The minimum Gasteiger partial charge on any atom is -0.353 e. The van der Waals surface area contributed by atoms with Crippen LogP contribution < -0.4 is 43.8 Å². The Morgan fingerprint density at radius 2 is 0.855 bits per heavy atom. The lowest BCUT2D eigenvalue weighted by atomic mass is 9.82. The molecule has 55 heavy (non-hydrogen) atoms. The van der Waals surface area contributed by atoms with Gasteiger partial charge in [-0.05, 0) is 110 Å². The summed E-state index contributed by atoms with van der Waals surface area (Å²) in [6.07, 6.45) is 14.4. The van der Waals surface area contributed by atoms with E-state index >= 15 is 0 Å². The van der Waals surface area contributed by atoms with E-state index in [0.717, 1.165) is 70.6 Å². The summed E-state index contributed by atoms with van der Waals surface area (Å²) >= 11 is 0. The summed E-state index contributed by atoms with van der Waals surface area (Å²) in [6, 6.07) is -1.67. The maximum atomic E-state index is 13.8. The molecule has 0 spiro atoms. The highest BCUT2D eigenvalue weighted by atomic mass is 16.2. The Bertz CT molecular complexity index is 1240. The Kier molecular flexibility index (Phi) is 21.2. The molecule has 14 nitrogen and oxygen atoms in total. The van der Waals surface area contributed by atoms with E-state index in [2.05, 4.69) is 26.6 Å². The molecule has 5 amide bonds. The van der Waals surface area contributed by atoms with Gasteiger partial charge in [-0.3, -0.25) is 28.8 Å². The molecule has 0 saturated heterocycles. The Hall–Kier alpha value is -3.10. The first kappa shape index (κ1) is 46.3. The van der Waals surface area contributed by atoms with Crippen molar-refractivity contribution in [3.05, 3.63) is 0 Å². The predicted octanol–water partition coefficient (Wildman–Crippen LogP) is 2.59. The van der Waals surface area contributed by atoms with Crippen LogP contribution in [-0.4, -0.2) is 85.2 Å². The minimum atomic E-state index is -0.455. The number of ketones is 1. The molecular weight excluding hydrogens is 701 g/mol. The van der Waals surface area contributed by atoms with Gasteiger partial charge in [-0.1, -0.05) is 45.4 Å². The third-order valence-corrected chi connectivity index (χ3v) is 12.0. The second-order valence-electron chi connectivity index (χ2n) is 16.7. The van der Waals surface area contributed by atoms with Crippen LogP contribution in [0.3, 0.4) is 0 Å². The number of nitrogens with two attached hydrogens (primary N) is 3. The van der Waals surface area contributed by atoms with Gasteiger partial charge in [-0.25, -0.2) is 0 Å². The summed E-state index contributed by atoms with van der Waals surface area (Å²) in [6.45, 7) is 5.07. The Labute approximate surface area is 329 Å². The fraction of sp³-hybridized carbons (Fsp3) is 0.854. The molecule has 3 fully saturated rings. The summed E-state index contributed by atoms with van der Waals surface area (Å²) < 4.78 is 0. The summed E-state index contributed by atoms with van der Waals surface area (Å²) in [5, 5.41) is 15.6. The third-order valence-electron chi connectivity index (χ3n) is 12.0. The van der Waals surface area contributed by atoms with E-state index < -0.39 is 18.0 Å². The van der Waals surface area contributed by atoms with Gasteiger partial charge in [-0.15, -0.1) is 0 Å². The molecule has 0 aromatic carbocycles. The second-order valence-corrected chi connectivity index (χ2v) is 16.7. The number of Topliss-reactive ketones (excluding diaryl/α,β-unsaturated/α-hetero) is 1. The Morgan fingerprint density at radius 3 is 1.25 bits per heavy atom. The fourth-order valence-corrected chi connectivity index (χ4v) is 8.95. The van der Waals surface area contributed by atoms with E-state index in [4.69, 9.17) is 17.2 Å². The molecule has 0 aromatic heterocycles. The van der Waals surface area contributed by atoms with E-state index in [9.17, 15) is 28.8 Å². The monoisotopic (exact) mass is 775 g/mol. The lowest BCUT2D eigenvalue weighted by Gasteiger charge is -2.34. The highest BCUT2D eigenvalue weighted by Gasteiger charge is 2.36. The van der Waals surface area contributed by atoms with Crippen LogP contribution in [-0.2, 0) is 28.8 Å². The molecule has 11 N–H and O–H groups in total. The average molecular weight is 775 g/mol. The zero-order valence-electron chi connectivity index (χ0n) is 33.8. The molecule has 3 rings (SSSR count). The summed E-state index contributed by atoms with van der Waals surface area (Å²) in [5.74, 6) is -1.51. The SMILES string of the molecule is CC(=O)C1CCCCC1NC(=O)CC(CCCN)NC(=O)C1CCCCC1NC(=O)CC(CCCN)NC(=O)C1CCCCC1NC(=O)CC(C)CCCN. The van der Waals surface area contributed by atoms with E-state index in [0.29, 0.717) is 71.0 Å². The van der Waals surface area contributed by atoms with Crippen molar-refractivity contribution in [2.24, 2.45) is 40.9 Å². The van der Waals surface area contributed by atoms with Crippen molar-refractivity contribution < 1.29 is 28.8 Å². The molecule has 9 atom stereocenters. The Balaban J connectivity index is 1.59. The number of nitrogens with one attached hydrogen (secondary N) is 5. The number of carbonyl (C=O) groups is 6. The fourth-order valence-electron chi connectivity index (χ4n) is 8.95. The van der Waals surface area contributed by atoms with Crippen LogP contribution in [0, 0.1) is 23.7 Å². The lowest BCUT2D eigenvalue weighted by Crippen LogP contribution is -2.53. The van der Waals surface area contributed by atoms with E-state index in [1.165, 1.54) is 0 Å². The number of rotatable bonds is 23. The molecule has 14 heteroatoms. The molecule has 0 aliphatic heterocycles. The minimum absolute atomic E-state index is 0.0458. The molecule has 0 radical (unpaired) electrons. The van der Waals surface area contributed by atoms with Crippen LogP contribution in [0.15, 0.2) is 0 Å². The zero-order valence-corrected chi connectivity index (χ0v) is 33.8. The van der Waals surface area contributed by atoms with Crippen molar-refractivity contribution in [3.63, 3.8) is 0 Å². The van der Waals surface area contributed by atoms with Crippen LogP contribution in [0.2, 0.25) is 0 Å². The topological polar surface area (TPSA) is 241 Å². The summed E-state index contributed by atoms with van der Waals surface area (Å²) in [5.41, 5.74) is 17.3. The molecule has 9 unspecified atom stereocenters. The summed E-state index contributed by atoms with van der Waals surface area (Å²) in [4.78, 5) is 79.4. The first-order chi connectivity index (χ1) is 26.4. The van der Waals surface area contributed by atoms with E-state index in [-0.39, 0.29) is 84.0 Å². The van der Waals surface area contributed by atoms with Gasteiger partial charge < -0.3 is 43.8 Å². The molecule has 0 aromatic rings. The van der Waals surface area contributed by atoms with Gasteiger partial charge in [0.2, 0.25) is 29.5 Å². The van der Waals surface area contributed by atoms with Gasteiger partial charge in [0.25, 0.3) is 0 Å². The molecule has 3 aliphatic rings. The van der Waals surface area contributed by atoms with Crippen molar-refractivity contribution in [2.45, 2.75) is 179 Å². The normalized spacial score (nSPS) is 25.8. The van der Waals surface area contributed by atoms with E-state index in [1.54, 1.807) is 6.92 Å². The van der Waals surface area contributed by atoms with Crippen LogP contribution in [0.4, 0.5) is 0 Å². The number of amides is 5. The predicted molar refractivity (Wildman–Crippen MR) is 214 cm³/mol. The highest BCUT2D eigenvalue weighted by Crippen LogP contribution is 2.28. The van der Waals surface area contributed by atoms with Crippen molar-refractivity contribution in [2.75, 3.05) is 19.6 Å². The first-order valence-electron chi connectivity index (χ1n) is 21.5. The molecule has 0 bridgehead atoms. The average Bonchev–Trinajstić information content (AvgIpc) is 3.15. The molecule has 3 saturated carbocycles. The van der Waals surface area contributed by atoms with Gasteiger partial charge >= 0.3 is 0 Å². The number of carbonyl (C=O) groups excluding carboxylic acids is 6. The number of hydrogen-bond donors (Lipinski definition) is 8. The number of hydrogen-bond acceptors (Lipinski definition) is 9. The van der Waals surface area contributed by atoms with Gasteiger partial charge in [0.05, 0.1) is 11.8 Å². The smallest absolute Gasteiger partial charge is 0.225 e. The largest absolute Gasteiger partial charge is 0.353 e.